The molecule has 0 fully saturated rings. The molecule has 2 rings (SSSR count). The predicted octanol–water partition coefficient (Wildman–Crippen LogP) is 3.05. The van der Waals surface area contributed by atoms with Crippen molar-refractivity contribution in [2.75, 3.05) is 0 Å². The van der Waals surface area contributed by atoms with Gasteiger partial charge in [0.25, 0.3) is 5.89 Å². The van der Waals surface area contributed by atoms with E-state index in [1.54, 1.807) is 18.2 Å². The number of nitrogens with two attached hydrogens (primary N) is 1. The van der Waals surface area contributed by atoms with Crippen LogP contribution in [0.3, 0.4) is 0 Å². The first-order valence-electron chi connectivity index (χ1n) is 5.16. The Morgan fingerprint density at radius 3 is 2.94 bits per heavy atom. The Morgan fingerprint density at radius 2 is 2.24 bits per heavy atom. The smallest absolute Gasteiger partial charge is 0.250 e. The largest absolute Gasteiger partial charge is 0.419 e. The van der Waals surface area contributed by atoms with E-state index in [-0.39, 0.29) is 17.5 Å². The van der Waals surface area contributed by atoms with Crippen LogP contribution in [0, 0.1) is 5.82 Å². The molecular formula is C11H11BrFN3O. The molecule has 2 N–H and O–H groups in total. The topological polar surface area (TPSA) is 64.9 Å². The van der Waals surface area contributed by atoms with Crippen molar-refractivity contribution in [3.8, 4) is 11.5 Å². The van der Waals surface area contributed by atoms with Gasteiger partial charge in [0.1, 0.15) is 5.82 Å². The van der Waals surface area contributed by atoms with Gasteiger partial charge in [0.05, 0.1) is 16.1 Å². The number of aromatic nitrogens is 2. The van der Waals surface area contributed by atoms with Crippen molar-refractivity contribution >= 4 is 15.9 Å². The molecule has 0 radical (unpaired) electrons. The lowest BCUT2D eigenvalue weighted by atomic mass is 10.2. The zero-order valence-electron chi connectivity index (χ0n) is 9.15. The van der Waals surface area contributed by atoms with E-state index in [0.717, 1.165) is 0 Å². The lowest BCUT2D eigenvalue weighted by Gasteiger charge is -2.01. The fourth-order valence-corrected chi connectivity index (χ4v) is 1.70. The maximum Gasteiger partial charge on any atom is 0.250 e. The average Bonchev–Trinajstić information content (AvgIpc) is 2.81. The highest BCUT2D eigenvalue weighted by molar-refractivity contribution is 9.10. The van der Waals surface area contributed by atoms with Gasteiger partial charge in [0.15, 0.2) is 0 Å². The Balaban J connectivity index is 2.40. The lowest BCUT2D eigenvalue weighted by Crippen LogP contribution is -2.08. The van der Waals surface area contributed by atoms with E-state index in [9.17, 15) is 4.39 Å². The number of benzene rings is 1. The highest BCUT2D eigenvalue weighted by Crippen LogP contribution is 2.27. The Morgan fingerprint density at radius 1 is 1.47 bits per heavy atom. The molecule has 4 nitrogen and oxygen atoms in total. The molecule has 90 valence electrons. The summed E-state index contributed by atoms with van der Waals surface area (Å²) in [5.41, 5.74) is 6.02. The summed E-state index contributed by atoms with van der Waals surface area (Å²) < 4.78 is 19.5. The van der Waals surface area contributed by atoms with Crippen LogP contribution in [0.25, 0.3) is 11.5 Å². The van der Waals surface area contributed by atoms with Crippen LogP contribution < -0.4 is 5.73 Å². The summed E-state index contributed by atoms with van der Waals surface area (Å²) in [4.78, 5) is 0. The van der Waals surface area contributed by atoms with E-state index in [2.05, 4.69) is 26.1 Å². The Kier molecular flexibility index (Phi) is 3.54. The van der Waals surface area contributed by atoms with Crippen molar-refractivity contribution in [3.05, 3.63) is 34.4 Å². The standard InChI is InChI=1S/C11H11BrFN3O/c1-2-8(14)11-16-15-10(17-11)6-4-3-5-7(12)9(6)13/h3-5,8H,2,14H2,1H3. The molecule has 0 saturated heterocycles. The summed E-state index contributed by atoms with van der Waals surface area (Å²) >= 11 is 3.10. The molecule has 0 spiro atoms. The summed E-state index contributed by atoms with van der Waals surface area (Å²) in [6, 6.07) is 4.57. The van der Waals surface area contributed by atoms with Gasteiger partial charge >= 0.3 is 0 Å². The molecule has 1 unspecified atom stereocenters. The van der Waals surface area contributed by atoms with Crippen LogP contribution in [0.4, 0.5) is 4.39 Å². The fourth-order valence-electron chi connectivity index (χ4n) is 1.34. The summed E-state index contributed by atoms with van der Waals surface area (Å²) in [5.74, 6) is 0.0392. The minimum Gasteiger partial charge on any atom is -0.419 e. The molecule has 1 atom stereocenters. The number of nitrogens with zero attached hydrogens (tertiary/aromatic N) is 2. The first-order valence-corrected chi connectivity index (χ1v) is 5.96. The molecule has 0 bridgehead atoms. The van der Waals surface area contributed by atoms with E-state index in [1.165, 1.54) is 0 Å². The molecule has 0 aliphatic heterocycles. The van der Waals surface area contributed by atoms with Gasteiger partial charge < -0.3 is 10.2 Å². The van der Waals surface area contributed by atoms with Crippen LogP contribution in [-0.4, -0.2) is 10.2 Å². The Hall–Kier alpha value is -1.27. The number of rotatable bonds is 3. The quantitative estimate of drug-likeness (QED) is 0.946. The second-order valence-corrected chi connectivity index (χ2v) is 4.42. The second-order valence-electron chi connectivity index (χ2n) is 3.56. The highest BCUT2D eigenvalue weighted by Gasteiger charge is 2.17. The van der Waals surface area contributed by atoms with E-state index in [1.807, 2.05) is 6.92 Å². The number of halogens is 2. The molecule has 1 aromatic heterocycles. The van der Waals surface area contributed by atoms with Gasteiger partial charge in [0, 0.05) is 0 Å². The van der Waals surface area contributed by atoms with Gasteiger partial charge in [0.2, 0.25) is 5.89 Å². The van der Waals surface area contributed by atoms with Crippen LogP contribution in [-0.2, 0) is 0 Å². The first-order chi connectivity index (χ1) is 8.13. The van der Waals surface area contributed by atoms with Crippen LogP contribution in [0.2, 0.25) is 0 Å². The van der Waals surface area contributed by atoms with Crippen molar-refractivity contribution in [3.63, 3.8) is 0 Å². The van der Waals surface area contributed by atoms with E-state index in [0.29, 0.717) is 16.8 Å². The van der Waals surface area contributed by atoms with Crippen molar-refractivity contribution in [2.45, 2.75) is 19.4 Å². The third-order valence-electron chi connectivity index (χ3n) is 2.38. The molecule has 0 saturated carbocycles. The van der Waals surface area contributed by atoms with Crippen LogP contribution in [0.5, 0.6) is 0 Å². The number of hydrogen-bond donors (Lipinski definition) is 1. The SMILES string of the molecule is CCC(N)c1nnc(-c2cccc(Br)c2F)o1. The number of hydrogen-bond acceptors (Lipinski definition) is 4. The molecule has 0 amide bonds. The molecule has 1 aromatic carbocycles. The van der Waals surface area contributed by atoms with Crippen LogP contribution >= 0.6 is 15.9 Å². The van der Waals surface area contributed by atoms with Crippen molar-refractivity contribution in [1.29, 1.82) is 0 Å². The predicted molar refractivity (Wildman–Crippen MR) is 64.6 cm³/mol. The minimum absolute atomic E-state index is 0.141. The molecular weight excluding hydrogens is 289 g/mol. The normalized spacial score (nSPS) is 12.7. The molecule has 0 aliphatic rings. The fraction of sp³-hybridized carbons (Fsp3) is 0.273. The molecule has 0 aliphatic carbocycles. The maximum absolute atomic E-state index is 13.8. The van der Waals surface area contributed by atoms with E-state index >= 15 is 0 Å². The van der Waals surface area contributed by atoms with Gasteiger partial charge in [-0.2, -0.15) is 0 Å². The first kappa shape index (κ1) is 12.2. The molecule has 6 heteroatoms. The maximum atomic E-state index is 13.8. The zero-order valence-corrected chi connectivity index (χ0v) is 10.7. The van der Waals surface area contributed by atoms with Crippen molar-refractivity contribution < 1.29 is 8.81 Å². The summed E-state index contributed by atoms with van der Waals surface area (Å²) in [6.07, 6.45) is 0.683. The Labute approximate surface area is 106 Å². The van der Waals surface area contributed by atoms with Gasteiger partial charge in [-0.3, -0.25) is 0 Å². The monoisotopic (exact) mass is 299 g/mol. The summed E-state index contributed by atoms with van der Waals surface area (Å²) in [6.45, 7) is 1.91. The van der Waals surface area contributed by atoms with Crippen LogP contribution in [0.1, 0.15) is 25.3 Å². The van der Waals surface area contributed by atoms with Gasteiger partial charge in [-0.1, -0.05) is 13.0 Å². The Bertz CT molecular complexity index is 529. The van der Waals surface area contributed by atoms with E-state index < -0.39 is 5.82 Å². The van der Waals surface area contributed by atoms with Crippen molar-refractivity contribution in [2.24, 2.45) is 5.73 Å². The third-order valence-corrected chi connectivity index (χ3v) is 2.99. The average molecular weight is 300 g/mol. The second kappa shape index (κ2) is 4.93. The minimum atomic E-state index is -0.423. The van der Waals surface area contributed by atoms with Crippen molar-refractivity contribution in [1.82, 2.24) is 10.2 Å². The third kappa shape index (κ3) is 2.37. The highest BCUT2D eigenvalue weighted by atomic mass is 79.9. The van der Waals surface area contributed by atoms with Crippen LogP contribution in [0.15, 0.2) is 27.1 Å². The molecule has 17 heavy (non-hydrogen) atoms. The lowest BCUT2D eigenvalue weighted by molar-refractivity contribution is 0.450. The van der Waals surface area contributed by atoms with Gasteiger partial charge in [-0.05, 0) is 34.5 Å². The summed E-state index contributed by atoms with van der Waals surface area (Å²) in [5, 5.41) is 7.61. The summed E-state index contributed by atoms with van der Waals surface area (Å²) in [7, 11) is 0. The van der Waals surface area contributed by atoms with Gasteiger partial charge in [-0.25, -0.2) is 4.39 Å². The zero-order chi connectivity index (χ0) is 12.4. The molecule has 1 heterocycles. The van der Waals surface area contributed by atoms with E-state index in [4.69, 9.17) is 10.2 Å². The van der Waals surface area contributed by atoms with Gasteiger partial charge in [-0.15, -0.1) is 10.2 Å². The molecule has 2 aromatic rings.